The summed E-state index contributed by atoms with van der Waals surface area (Å²) in [7, 11) is -8.42. The van der Waals surface area contributed by atoms with E-state index in [0.717, 1.165) is 6.26 Å². The number of carboxylic acid groups (broad SMARTS) is 1. The van der Waals surface area contributed by atoms with Crippen molar-refractivity contribution < 1.29 is 58.9 Å². The van der Waals surface area contributed by atoms with E-state index in [1.807, 2.05) is 4.72 Å². The highest BCUT2D eigenvalue weighted by Gasteiger charge is 2.24. The van der Waals surface area contributed by atoms with Crippen molar-refractivity contribution in [3.63, 3.8) is 0 Å². The Hall–Kier alpha value is -6.69. The molecule has 0 aliphatic carbocycles. The summed E-state index contributed by atoms with van der Waals surface area (Å²) in [5.41, 5.74) is 0.431. The van der Waals surface area contributed by atoms with Gasteiger partial charge in [0.15, 0.2) is 0 Å². The van der Waals surface area contributed by atoms with Crippen molar-refractivity contribution in [3.8, 4) is 34.5 Å². The van der Waals surface area contributed by atoms with Crippen molar-refractivity contribution in [2.24, 2.45) is 0 Å². The molecule has 0 unspecified atom stereocenters. The number of sulfone groups is 2. The molecule has 0 bridgehead atoms. The van der Waals surface area contributed by atoms with Crippen molar-refractivity contribution in [2.45, 2.75) is 32.4 Å². The molecule has 0 aliphatic heterocycles. The molecule has 0 saturated heterocycles. The first-order valence-electron chi connectivity index (χ1n) is 17.7. The largest absolute Gasteiger partial charge is 0.497 e. The molecule has 0 saturated carbocycles. The summed E-state index contributed by atoms with van der Waals surface area (Å²) < 4.78 is 98.1. The fourth-order valence-electron chi connectivity index (χ4n) is 5.59. The van der Waals surface area contributed by atoms with Crippen LogP contribution in [0.4, 0.5) is 0 Å². The average Bonchev–Trinajstić information content (AvgIpc) is 3.21. The Bertz CT molecular complexity index is 2770. The van der Waals surface area contributed by atoms with Gasteiger partial charge in [0.25, 0.3) is 0 Å². The number of hydrogen-bond acceptors (Lipinski definition) is 12. The van der Waals surface area contributed by atoms with E-state index in [1.54, 1.807) is 93.1 Å². The van der Waals surface area contributed by atoms with Gasteiger partial charge in [-0.15, -0.1) is 0 Å². The lowest BCUT2D eigenvalue weighted by atomic mass is 10.1. The van der Waals surface area contributed by atoms with Crippen molar-refractivity contribution in [1.29, 1.82) is 0 Å². The van der Waals surface area contributed by atoms with Gasteiger partial charge >= 0.3 is 5.97 Å². The molecule has 1 amide bonds. The lowest BCUT2D eigenvalue weighted by Crippen LogP contribution is -2.31. The Labute approximate surface area is 347 Å². The van der Waals surface area contributed by atoms with E-state index in [2.05, 4.69) is 0 Å². The molecule has 0 spiro atoms. The second-order valence-corrected chi connectivity index (χ2v) is 18.3. The zero-order chi connectivity index (χ0) is 43.5. The quantitative estimate of drug-likeness (QED) is 0.108. The third kappa shape index (κ3) is 11.9. The van der Waals surface area contributed by atoms with Crippen LogP contribution in [0.5, 0.6) is 34.5 Å². The molecule has 17 heteroatoms. The van der Waals surface area contributed by atoms with Gasteiger partial charge in [-0.05, 0) is 120 Å². The van der Waals surface area contributed by atoms with E-state index in [0.29, 0.717) is 34.5 Å². The van der Waals surface area contributed by atoms with Crippen molar-refractivity contribution >= 4 is 41.6 Å². The molecule has 6 rings (SSSR count). The fraction of sp³-hybridized carbons (Fsp3) is 0.116. The van der Waals surface area contributed by atoms with Crippen LogP contribution < -0.4 is 23.7 Å². The van der Waals surface area contributed by atoms with Gasteiger partial charge in [-0.2, -0.15) is 0 Å². The topological polar surface area (TPSA) is 206 Å². The van der Waals surface area contributed by atoms with Crippen molar-refractivity contribution in [3.05, 3.63) is 157 Å². The Balaban J connectivity index is 0.000000230. The van der Waals surface area contributed by atoms with Gasteiger partial charge in [0.1, 0.15) is 34.5 Å². The number of nitrogens with one attached hydrogen (secondary N) is 1. The molecular weight excluding hydrogens is 835 g/mol. The molecule has 0 aromatic heterocycles. The lowest BCUT2D eigenvalue weighted by molar-refractivity contribution is -0.136. The summed E-state index contributed by atoms with van der Waals surface area (Å²) in [5.74, 6) is 1.53. The molecule has 0 fully saturated rings. The fourth-order valence-corrected chi connectivity index (χ4v) is 9.06. The molecule has 60 heavy (non-hydrogen) atoms. The summed E-state index contributed by atoms with van der Waals surface area (Å²) in [5, 5.41) is 9.02. The van der Waals surface area contributed by atoms with Crippen molar-refractivity contribution in [2.75, 3.05) is 20.5 Å². The highest BCUT2D eigenvalue weighted by molar-refractivity contribution is 7.92. The summed E-state index contributed by atoms with van der Waals surface area (Å²) >= 11 is 0. The number of sulfonamides is 1. The van der Waals surface area contributed by atoms with Gasteiger partial charge in [0, 0.05) is 0 Å². The summed E-state index contributed by atoms with van der Waals surface area (Å²) in [6, 6.07) is 37.8. The predicted molar refractivity (Wildman–Crippen MR) is 221 cm³/mol. The minimum Gasteiger partial charge on any atom is -0.497 e. The van der Waals surface area contributed by atoms with Crippen LogP contribution in [0.15, 0.2) is 165 Å². The summed E-state index contributed by atoms with van der Waals surface area (Å²) in [6.07, 6.45) is 0.0817. The van der Waals surface area contributed by atoms with Crippen LogP contribution in [0.2, 0.25) is 0 Å². The second-order valence-electron chi connectivity index (χ2n) is 12.8. The number of carbonyl (C=O) groups is 2. The smallest absolute Gasteiger partial charge is 0.307 e. The molecule has 0 heterocycles. The summed E-state index contributed by atoms with van der Waals surface area (Å²) in [4.78, 5) is 23.0. The van der Waals surface area contributed by atoms with Gasteiger partial charge in [0.2, 0.25) is 35.6 Å². The first-order valence-corrected chi connectivity index (χ1v) is 22.6. The van der Waals surface area contributed by atoms with Gasteiger partial charge in [-0.25, -0.2) is 25.3 Å². The van der Waals surface area contributed by atoms with Gasteiger partial charge in [0.05, 0.1) is 52.9 Å². The van der Waals surface area contributed by atoms with Crippen LogP contribution in [0, 0.1) is 0 Å². The zero-order valence-corrected chi connectivity index (χ0v) is 34.8. The number of carbonyl (C=O) groups excluding carboxylic acids is 1. The van der Waals surface area contributed by atoms with E-state index < -0.39 is 48.0 Å². The Morgan fingerprint density at radius 1 is 0.483 bits per heavy atom. The number of benzene rings is 6. The maximum atomic E-state index is 13.2. The normalized spacial score (nSPS) is 11.3. The molecule has 14 nitrogen and oxygen atoms in total. The number of aliphatic carboxylic acids is 1. The van der Waals surface area contributed by atoms with E-state index in [1.165, 1.54) is 66.7 Å². The second kappa shape index (κ2) is 19.4. The van der Waals surface area contributed by atoms with Crippen molar-refractivity contribution in [1.82, 2.24) is 4.72 Å². The average molecular weight is 874 g/mol. The number of amides is 1. The van der Waals surface area contributed by atoms with E-state index in [-0.39, 0.29) is 37.1 Å². The molecule has 312 valence electrons. The minimum atomic E-state index is -3.96. The zero-order valence-electron chi connectivity index (χ0n) is 32.3. The number of ether oxygens (including phenoxy) is 4. The third-order valence-corrected chi connectivity index (χ3v) is 12.7. The Morgan fingerprint density at radius 2 is 0.800 bits per heavy atom. The van der Waals surface area contributed by atoms with Gasteiger partial charge in [-0.1, -0.05) is 36.4 Å². The van der Waals surface area contributed by atoms with Crippen LogP contribution in [0.25, 0.3) is 0 Å². The SMILES string of the molecule is COc1ccc(Oc2ccc(S(=O)(=O)c3ccccc3CC(=O)NS(C)(=O)=O)cc2)cc1.COc1ccc(Oc2ccc(S(=O)(=O)c3ccccc3CC(=O)O)cc2)cc1. The summed E-state index contributed by atoms with van der Waals surface area (Å²) in [6.45, 7) is 0. The molecule has 0 aliphatic rings. The van der Waals surface area contributed by atoms with Crippen LogP contribution in [-0.2, 0) is 52.1 Å². The minimum absolute atomic E-state index is 0.00977. The molecule has 0 atom stereocenters. The first-order chi connectivity index (χ1) is 28.5. The monoisotopic (exact) mass is 873 g/mol. The lowest BCUT2D eigenvalue weighted by Gasteiger charge is -2.11. The highest BCUT2D eigenvalue weighted by atomic mass is 32.2. The number of rotatable bonds is 15. The maximum Gasteiger partial charge on any atom is 0.307 e. The van der Waals surface area contributed by atoms with E-state index in [9.17, 15) is 34.8 Å². The third-order valence-electron chi connectivity index (χ3n) is 8.37. The Morgan fingerprint density at radius 3 is 1.13 bits per heavy atom. The maximum absolute atomic E-state index is 13.2. The van der Waals surface area contributed by atoms with Gasteiger partial charge in [-0.3, -0.25) is 14.3 Å². The van der Waals surface area contributed by atoms with Gasteiger partial charge < -0.3 is 24.1 Å². The first kappa shape index (κ1) is 44.4. The van der Waals surface area contributed by atoms with E-state index >= 15 is 0 Å². The predicted octanol–water partition coefficient (Wildman–Crippen LogP) is 6.89. The van der Waals surface area contributed by atoms with Crippen LogP contribution in [-0.4, -0.2) is 62.7 Å². The highest BCUT2D eigenvalue weighted by Crippen LogP contribution is 2.30. The van der Waals surface area contributed by atoms with Crippen LogP contribution >= 0.6 is 0 Å². The van der Waals surface area contributed by atoms with Crippen LogP contribution in [0.3, 0.4) is 0 Å². The number of methoxy groups -OCH3 is 2. The molecule has 2 N–H and O–H groups in total. The molecule has 0 radical (unpaired) electrons. The standard InChI is InChI=1S/C22H21NO7S2.C21H18O6S/c1-29-17-7-9-18(10-8-17)30-19-11-13-20(14-12-19)32(27,28)21-6-4-3-5-16(21)15-22(24)23-31(2,25)26;1-26-16-6-8-17(9-7-16)27-18-10-12-19(13-11-18)28(24,25)20-5-3-2-4-15(20)14-21(22)23/h3-14H,15H2,1-2H3,(H,23,24);2-13H,14H2,1H3,(H,22,23). The molecule has 6 aromatic carbocycles. The Kier molecular flexibility index (Phi) is 14.3. The number of carboxylic acids is 1. The van der Waals surface area contributed by atoms with Crippen LogP contribution in [0.1, 0.15) is 11.1 Å². The van der Waals surface area contributed by atoms with E-state index in [4.69, 9.17) is 24.1 Å². The molecular formula is C43H39NO13S3. The molecule has 6 aromatic rings. The number of hydrogen-bond donors (Lipinski definition) is 2.